The molecule has 0 aliphatic rings. The maximum absolute atomic E-state index is 4.56. The van der Waals surface area contributed by atoms with Crippen LogP contribution in [0.1, 0.15) is 50.6 Å². The molecule has 1 aromatic heterocycles. The highest BCUT2D eigenvalue weighted by atomic mass is 32.1. The lowest BCUT2D eigenvalue weighted by Crippen LogP contribution is -2.38. The first-order chi connectivity index (χ1) is 10.1. The zero-order valence-electron chi connectivity index (χ0n) is 13.5. The van der Waals surface area contributed by atoms with Gasteiger partial charge in [-0.25, -0.2) is 4.98 Å². The summed E-state index contributed by atoms with van der Waals surface area (Å²) in [5.41, 5.74) is 1.37. The Hall–Kier alpha value is -1.19. The Morgan fingerprint density at radius 3 is 2.24 bits per heavy atom. The molecule has 0 fully saturated rings. The van der Waals surface area contributed by atoms with E-state index in [1.807, 2.05) is 6.20 Å². The van der Waals surface area contributed by atoms with Crippen molar-refractivity contribution in [2.75, 3.05) is 6.54 Å². The topological polar surface area (TPSA) is 16.1 Å². The van der Waals surface area contributed by atoms with Gasteiger partial charge in [0.25, 0.3) is 0 Å². The van der Waals surface area contributed by atoms with Crippen LogP contribution < -0.4 is 0 Å². The highest BCUT2D eigenvalue weighted by Crippen LogP contribution is 2.30. The Bertz CT molecular complexity index is 497. The van der Waals surface area contributed by atoms with Crippen molar-refractivity contribution in [1.82, 2.24) is 9.88 Å². The van der Waals surface area contributed by atoms with E-state index < -0.39 is 0 Å². The number of rotatable bonds is 7. The van der Waals surface area contributed by atoms with Crippen molar-refractivity contribution in [2.24, 2.45) is 0 Å². The number of nitrogens with zero attached hydrogens (tertiary/aromatic N) is 2. The number of hydrogen-bond donors (Lipinski definition) is 0. The molecular weight excluding hydrogens is 276 g/mol. The molecule has 0 saturated carbocycles. The van der Waals surface area contributed by atoms with Gasteiger partial charge in [0.15, 0.2) is 0 Å². The molecule has 2 nitrogen and oxygen atoms in total. The summed E-state index contributed by atoms with van der Waals surface area (Å²) in [6.45, 7) is 10.2. The average Bonchev–Trinajstić information content (AvgIpc) is 2.97. The fourth-order valence-electron chi connectivity index (χ4n) is 2.92. The minimum Gasteiger partial charge on any atom is -0.299 e. The first-order valence-electron chi connectivity index (χ1n) is 7.79. The fourth-order valence-corrected chi connectivity index (χ4v) is 3.72. The number of hydrogen-bond acceptors (Lipinski definition) is 3. The van der Waals surface area contributed by atoms with Crippen molar-refractivity contribution in [3.63, 3.8) is 0 Å². The maximum Gasteiger partial charge on any atom is 0.1000 e. The van der Waals surface area contributed by atoms with Crippen molar-refractivity contribution < 1.29 is 0 Å². The molecule has 21 heavy (non-hydrogen) atoms. The predicted octanol–water partition coefficient (Wildman–Crippen LogP) is 4.78. The summed E-state index contributed by atoms with van der Waals surface area (Å²) in [4.78, 5) is 7.12. The minimum absolute atomic E-state index is 0.409. The summed E-state index contributed by atoms with van der Waals surface area (Å²) in [5.74, 6) is 0.409. The van der Waals surface area contributed by atoms with E-state index in [9.17, 15) is 0 Å². The van der Waals surface area contributed by atoms with E-state index in [0.29, 0.717) is 18.0 Å². The summed E-state index contributed by atoms with van der Waals surface area (Å²) < 4.78 is 0. The third-order valence-corrected chi connectivity index (χ3v) is 4.84. The molecule has 1 heterocycles. The molecule has 0 bridgehead atoms. The zero-order chi connectivity index (χ0) is 15.2. The van der Waals surface area contributed by atoms with Gasteiger partial charge in [0.1, 0.15) is 0 Å². The minimum atomic E-state index is 0.409. The van der Waals surface area contributed by atoms with Crippen molar-refractivity contribution >= 4 is 11.3 Å². The summed E-state index contributed by atoms with van der Waals surface area (Å²) in [5, 5.41) is 3.31. The van der Waals surface area contributed by atoms with E-state index in [0.717, 1.165) is 13.0 Å². The first-order valence-corrected chi connectivity index (χ1v) is 8.67. The summed E-state index contributed by atoms with van der Waals surface area (Å²) in [6, 6.07) is 11.9. The third-order valence-electron chi connectivity index (χ3n) is 3.95. The van der Waals surface area contributed by atoms with Crippen LogP contribution in [0.3, 0.4) is 0 Å². The molecule has 1 atom stereocenters. The van der Waals surface area contributed by atoms with Gasteiger partial charge in [-0.05, 0) is 46.2 Å². The highest BCUT2D eigenvalue weighted by Gasteiger charge is 2.20. The monoisotopic (exact) mass is 302 g/mol. The van der Waals surface area contributed by atoms with E-state index in [2.05, 4.69) is 73.3 Å². The molecule has 114 valence electrons. The molecular formula is C18H26N2S. The third kappa shape index (κ3) is 4.39. The van der Waals surface area contributed by atoms with Crippen LogP contribution in [0.2, 0.25) is 0 Å². The zero-order valence-corrected chi connectivity index (χ0v) is 14.3. The van der Waals surface area contributed by atoms with Crippen LogP contribution >= 0.6 is 11.3 Å². The molecule has 0 saturated heterocycles. The lowest BCUT2D eigenvalue weighted by molar-refractivity contribution is 0.170. The largest absolute Gasteiger partial charge is 0.299 e. The van der Waals surface area contributed by atoms with Crippen molar-refractivity contribution in [3.05, 3.63) is 52.5 Å². The summed E-state index contributed by atoms with van der Waals surface area (Å²) >= 11 is 1.76. The highest BCUT2D eigenvalue weighted by molar-refractivity contribution is 7.09. The van der Waals surface area contributed by atoms with E-state index in [-0.39, 0.29) is 0 Å². The molecule has 2 aromatic rings. The quantitative estimate of drug-likeness (QED) is 0.731. The second kappa shape index (κ2) is 7.71. The van der Waals surface area contributed by atoms with Gasteiger partial charge in [-0.1, -0.05) is 30.3 Å². The Kier molecular flexibility index (Phi) is 5.95. The Labute approximate surface area is 132 Å². The molecule has 0 aliphatic carbocycles. The van der Waals surface area contributed by atoms with Gasteiger partial charge in [0, 0.05) is 29.6 Å². The van der Waals surface area contributed by atoms with Gasteiger partial charge >= 0.3 is 0 Å². The summed E-state index contributed by atoms with van der Waals surface area (Å²) in [6.07, 6.45) is 3.03. The second-order valence-electron chi connectivity index (χ2n) is 6.05. The lowest BCUT2D eigenvalue weighted by atomic mass is 9.95. The predicted molar refractivity (Wildman–Crippen MR) is 92.0 cm³/mol. The van der Waals surface area contributed by atoms with E-state index in [4.69, 9.17) is 0 Å². The Morgan fingerprint density at radius 2 is 1.71 bits per heavy atom. The normalized spacial score (nSPS) is 13.3. The smallest absolute Gasteiger partial charge is 0.1000 e. The van der Waals surface area contributed by atoms with Gasteiger partial charge in [-0.3, -0.25) is 4.90 Å². The lowest BCUT2D eigenvalue weighted by Gasteiger charge is -2.31. The van der Waals surface area contributed by atoms with Crippen molar-refractivity contribution in [2.45, 2.75) is 52.1 Å². The van der Waals surface area contributed by atoms with Crippen molar-refractivity contribution in [3.8, 4) is 0 Å². The van der Waals surface area contributed by atoms with E-state index in [1.165, 1.54) is 10.6 Å². The van der Waals surface area contributed by atoms with Gasteiger partial charge in [0.05, 0.1) is 5.01 Å². The molecule has 1 unspecified atom stereocenters. The molecule has 1 aromatic carbocycles. The van der Waals surface area contributed by atoms with Crippen LogP contribution in [0.15, 0.2) is 41.9 Å². The first kappa shape index (κ1) is 16.2. The van der Waals surface area contributed by atoms with Crippen LogP contribution in [-0.2, 0) is 0 Å². The Morgan fingerprint density at radius 1 is 1.05 bits per heavy atom. The molecule has 0 spiro atoms. The number of thiazole rings is 1. The number of benzene rings is 1. The molecule has 3 heteroatoms. The van der Waals surface area contributed by atoms with Crippen LogP contribution in [0.4, 0.5) is 0 Å². The maximum atomic E-state index is 4.56. The van der Waals surface area contributed by atoms with Gasteiger partial charge in [0.2, 0.25) is 0 Å². The van der Waals surface area contributed by atoms with Gasteiger partial charge in [-0.2, -0.15) is 0 Å². The SMILES string of the molecule is CC(C)N(CCC(c1ccccc1)c1nccs1)C(C)C. The van der Waals surface area contributed by atoms with Crippen LogP contribution in [0.5, 0.6) is 0 Å². The van der Waals surface area contributed by atoms with E-state index in [1.54, 1.807) is 11.3 Å². The van der Waals surface area contributed by atoms with Crippen molar-refractivity contribution in [1.29, 1.82) is 0 Å². The average molecular weight is 302 g/mol. The molecule has 0 radical (unpaired) electrons. The van der Waals surface area contributed by atoms with Crippen LogP contribution in [0.25, 0.3) is 0 Å². The molecule has 2 rings (SSSR count). The van der Waals surface area contributed by atoms with Crippen LogP contribution in [-0.4, -0.2) is 28.5 Å². The number of aromatic nitrogens is 1. The van der Waals surface area contributed by atoms with E-state index >= 15 is 0 Å². The van der Waals surface area contributed by atoms with Gasteiger partial charge in [-0.15, -0.1) is 11.3 Å². The Balaban J connectivity index is 2.14. The molecule has 0 amide bonds. The second-order valence-corrected chi connectivity index (χ2v) is 6.97. The molecule has 0 aliphatic heterocycles. The summed E-state index contributed by atoms with van der Waals surface area (Å²) in [7, 11) is 0. The van der Waals surface area contributed by atoms with Gasteiger partial charge < -0.3 is 0 Å². The van der Waals surface area contributed by atoms with Crippen LogP contribution in [0, 0.1) is 0 Å². The molecule has 0 N–H and O–H groups in total. The standard InChI is InChI=1S/C18H26N2S/c1-14(2)20(15(3)4)12-10-17(18-19-11-13-21-18)16-8-6-5-7-9-16/h5-9,11,13-15,17H,10,12H2,1-4H3. The fraction of sp³-hybridized carbons (Fsp3) is 0.500.